The Bertz CT molecular complexity index is 514. The van der Waals surface area contributed by atoms with Crippen molar-refractivity contribution in [2.45, 2.75) is 58.2 Å². The van der Waals surface area contributed by atoms with Crippen LogP contribution < -0.4 is 5.32 Å². The van der Waals surface area contributed by atoms with E-state index in [0.29, 0.717) is 6.04 Å². The lowest BCUT2D eigenvalue weighted by Crippen LogP contribution is -2.38. The van der Waals surface area contributed by atoms with Crippen LogP contribution >= 0.6 is 15.9 Å². The third kappa shape index (κ3) is 6.47. The Labute approximate surface area is 146 Å². The number of carbonyl (C=O) groups is 1. The summed E-state index contributed by atoms with van der Waals surface area (Å²) in [4.78, 5) is 18.4. The van der Waals surface area contributed by atoms with Crippen molar-refractivity contribution >= 4 is 22.0 Å². The van der Waals surface area contributed by atoms with Crippen molar-refractivity contribution in [3.05, 3.63) is 28.5 Å². The second kappa shape index (κ2) is 8.11. The fraction of sp³-hybridized carbons (Fsp3) is 0.647. The maximum absolute atomic E-state index is 12.2. The number of pyridine rings is 1. The Morgan fingerprint density at radius 3 is 2.83 bits per heavy atom. The topological polar surface area (TPSA) is 54.5 Å². The number of nitrogens with zero attached hydrogens (tertiary/aromatic N) is 2. The average molecular weight is 384 g/mol. The molecule has 2 rings (SSSR count). The van der Waals surface area contributed by atoms with Gasteiger partial charge in [-0.3, -0.25) is 4.98 Å². The maximum atomic E-state index is 12.2. The molecule has 1 atom stereocenters. The number of ether oxygens (including phenoxy) is 1. The number of nitrogens with one attached hydrogen (secondary N) is 1. The van der Waals surface area contributed by atoms with Gasteiger partial charge in [-0.15, -0.1) is 0 Å². The summed E-state index contributed by atoms with van der Waals surface area (Å²) in [6.07, 6.45) is 4.61. The SMILES string of the molecule is CC(C)(C)OC(=O)N1CCCC(NCc2ccc(Br)cn2)CC1. The van der Waals surface area contributed by atoms with Crippen LogP contribution in [0.1, 0.15) is 45.7 Å². The van der Waals surface area contributed by atoms with Crippen LogP contribution in [0.4, 0.5) is 4.79 Å². The highest BCUT2D eigenvalue weighted by Gasteiger charge is 2.25. The molecule has 1 aliphatic rings. The van der Waals surface area contributed by atoms with Crippen molar-refractivity contribution in [1.82, 2.24) is 15.2 Å². The van der Waals surface area contributed by atoms with Gasteiger partial charge >= 0.3 is 6.09 Å². The average Bonchev–Trinajstić information content (AvgIpc) is 2.70. The Morgan fingerprint density at radius 1 is 1.39 bits per heavy atom. The lowest BCUT2D eigenvalue weighted by Gasteiger charge is -2.26. The number of amides is 1. The molecule has 128 valence electrons. The number of carbonyl (C=O) groups excluding carboxylic acids is 1. The highest BCUT2D eigenvalue weighted by Crippen LogP contribution is 2.16. The van der Waals surface area contributed by atoms with Gasteiger partial charge in [0.05, 0.1) is 5.69 Å². The van der Waals surface area contributed by atoms with E-state index in [9.17, 15) is 4.79 Å². The van der Waals surface area contributed by atoms with Gasteiger partial charge in [0.25, 0.3) is 0 Å². The first-order valence-electron chi connectivity index (χ1n) is 8.15. The first-order valence-corrected chi connectivity index (χ1v) is 8.94. The van der Waals surface area contributed by atoms with Crippen molar-refractivity contribution < 1.29 is 9.53 Å². The molecule has 6 heteroatoms. The van der Waals surface area contributed by atoms with Crippen molar-refractivity contribution in [1.29, 1.82) is 0 Å². The van der Waals surface area contributed by atoms with E-state index in [-0.39, 0.29) is 6.09 Å². The van der Waals surface area contributed by atoms with Crippen LogP contribution in [0.15, 0.2) is 22.8 Å². The molecule has 1 aromatic heterocycles. The minimum Gasteiger partial charge on any atom is -0.444 e. The van der Waals surface area contributed by atoms with E-state index in [1.807, 2.05) is 44.0 Å². The highest BCUT2D eigenvalue weighted by molar-refractivity contribution is 9.10. The summed E-state index contributed by atoms with van der Waals surface area (Å²) in [7, 11) is 0. The molecule has 2 heterocycles. The predicted molar refractivity (Wildman–Crippen MR) is 94.2 cm³/mol. The summed E-state index contributed by atoms with van der Waals surface area (Å²) < 4.78 is 6.45. The second-order valence-electron chi connectivity index (χ2n) is 6.94. The van der Waals surface area contributed by atoms with E-state index in [1.54, 1.807) is 0 Å². The molecule has 5 nitrogen and oxygen atoms in total. The van der Waals surface area contributed by atoms with Crippen molar-refractivity contribution in [2.24, 2.45) is 0 Å². The molecule has 1 saturated heterocycles. The number of aromatic nitrogens is 1. The van der Waals surface area contributed by atoms with Crippen LogP contribution in [0.3, 0.4) is 0 Å². The van der Waals surface area contributed by atoms with Crippen LogP contribution in [0.5, 0.6) is 0 Å². The highest BCUT2D eigenvalue weighted by atomic mass is 79.9. The minimum atomic E-state index is -0.436. The van der Waals surface area contributed by atoms with Gasteiger partial charge in [-0.2, -0.15) is 0 Å². The Morgan fingerprint density at radius 2 is 2.17 bits per heavy atom. The fourth-order valence-electron chi connectivity index (χ4n) is 2.57. The molecule has 1 fully saturated rings. The van der Waals surface area contributed by atoms with Gasteiger partial charge in [-0.05, 0) is 68.1 Å². The molecule has 1 aromatic rings. The van der Waals surface area contributed by atoms with E-state index in [1.165, 1.54) is 0 Å². The second-order valence-corrected chi connectivity index (χ2v) is 7.86. The lowest BCUT2D eigenvalue weighted by molar-refractivity contribution is 0.0256. The van der Waals surface area contributed by atoms with E-state index >= 15 is 0 Å². The maximum Gasteiger partial charge on any atom is 0.410 e. The van der Waals surface area contributed by atoms with Gasteiger partial charge in [0, 0.05) is 36.3 Å². The molecule has 0 radical (unpaired) electrons. The Hall–Kier alpha value is -1.14. The van der Waals surface area contributed by atoms with Crippen LogP contribution in [-0.4, -0.2) is 40.7 Å². The Balaban J connectivity index is 1.79. The first-order chi connectivity index (χ1) is 10.8. The number of hydrogen-bond donors (Lipinski definition) is 1. The molecule has 1 amide bonds. The van der Waals surface area contributed by atoms with Gasteiger partial charge in [0.1, 0.15) is 5.60 Å². The molecule has 0 saturated carbocycles. The molecule has 1 N–H and O–H groups in total. The number of rotatable bonds is 3. The Kier molecular flexibility index (Phi) is 6.41. The van der Waals surface area contributed by atoms with Crippen LogP contribution in [0, 0.1) is 0 Å². The molecule has 1 unspecified atom stereocenters. The molecule has 1 aliphatic heterocycles. The van der Waals surface area contributed by atoms with E-state index in [0.717, 1.165) is 49.1 Å². The molecule has 23 heavy (non-hydrogen) atoms. The van der Waals surface area contributed by atoms with Crippen molar-refractivity contribution in [2.75, 3.05) is 13.1 Å². The monoisotopic (exact) mass is 383 g/mol. The third-order valence-corrected chi connectivity index (χ3v) is 4.21. The van der Waals surface area contributed by atoms with Crippen molar-refractivity contribution in [3.63, 3.8) is 0 Å². The van der Waals surface area contributed by atoms with E-state index < -0.39 is 5.60 Å². The van der Waals surface area contributed by atoms with Gasteiger partial charge in [-0.25, -0.2) is 4.79 Å². The van der Waals surface area contributed by atoms with E-state index in [4.69, 9.17) is 4.74 Å². The molecule has 0 aromatic carbocycles. The smallest absolute Gasteiger partial charge is 0.410 e. The zero-order chi connectivity index (χ0) is 16.9. The summed E-state index contributed by atoms with van der Waals surface area (Å²) in [6, 6.07) is 4.43. The summed E-state index contributed by atoms with van der Waals surface area (Å²) in [6.45, 7) is 7.96. The third-order valence-electron chi connectivity index (χ3n) is 3.74. The quantitative estimate of drug-likeness (QED) is 0.863. The number of hydrogen-bond acceptors (Lipinski definition) is 4. The largest absolute Gasteiger partial charge is 0.444 e. The summed E-state index contributed by atoms with van der Waals surface area (Å²) in [5, 5.41) is 3.55. The molecular weight excluding hydrogens is 358 g/mol. The van der Waals surface area contributed by atoms with Crippen molar-refractivity contribution in [3.8, 4) is 0 Å². The van der Waals surface area contributed by atoms with Gasteiger partial charge in [0.15, 0.2) is 0 Å². The van der Waals surface area contributed by atoms with Crippen LogP contribution in [0.2, 0.25) is 0 Å². The van der Waals surface area contributed by atoms with Gasteiger partial charge in [0.2, 0.25) is 0 Å². The normalized spacial score (nSPS) is 19.3. The van der Waals surface area contributed by atoms with Crippen LogP contribution in [0.25, 0.3) is 0 Å². The molecule has 0 aliphatic carbocycles. The zero-order valence-corrected chi connectivity index (χ0v) is 15.7. The first kappa shape index (κ1) is 18.2. The fourth-order valence-corrected chi connectivity index (χ4v) is 2.80. The minimum absolute atomic E-state index is 0.201. The molecule has 0 spiro atoms. The van der Waals surface area contributed by atoms with Gasteiger partial charge in [-0.1, -0.05) is 0 Å². The van der Waals surface area contributed by atoms with E-state index in [2.05, 4.69) is 26.2 Å². The lowest BCUT2D eigenvalue weighted by atomic mass is 10.1. The summed E-state index contributed by atoms with van der Waals surface area (Å²) in [5.41, 5.74) is 0.593. The molecule has 0 bridgehead atoms. The zero-order valence-electron chi connectivity index (χ0n) is 14.1. The number of halogens is 1. The molecular formula is C17H26BrN3O2. The summed E-state index contributed by atoms with van der Waals surface area (Å²) >= 11 is 3.39. The predicted octanol–water partition coefficient (Wildman–Crippen LogP) is 3.72. The van der Waals surface area contributed by atoms with Crippen LogP contribution in [-0.2, 0) is 11.3 Å². The summed E-state index contributed by atoms with van der Waals surface area (Å²) in [5.74, 6) is 0. The number of likely N-dealkylation sites (tertiary alicyclic amines) is 1. The standard InChI is InChI=1S/C17H26BrN3O2/c1-17(2,3)23-16(22)21-9-4-5-14(8-10-21)20-12-15-7-6-13(18)11-19-15/h6-7,11,14,20H,4-5,8-10,12H2,1-3H3. The van der Waals surface area contributed by atoms with Gasteiger partial charge < -0.3 is 15.0 Å².